The molecule has 0 saturated heterocycles. The summed E-state index contributed by atoms with van der Waals surface area (Å²) in [4.78, 5) is 4.23. The molecule has 108 valence electrons. The third-order valence-corrected chi connectivity index (χ3v) is 3.19. The number of imidazole rings is 1. The number of aromatic nitrogens is 2. The Bertz CT molecular complexity index is 612. The van der Waals surface area contributed by atoms with Crippen LogP contribution < -0.4 is 5.73 Å². The second-order valence-corrected chi connectivity index (χ2v) is 4.65. The van der Waals surface area contributed by atoms with Gasteiger partial charge >= 0.3 is 0 Å². The van der Waals surface area contributed by atoms with Crippen LogP contribution in [0, 0.1) is 24.4 Å². The predicted octanol–water partition coefficient (Wildman–Crippen LogP) is 3.66. The summed E-state index contributed by atoms with van der Waals surface area (Å²) in [5.41, 5.74) is 6.39. The highest BCUT2D eigenvalue weighted by atomic mass is 19.2. The minimum absolute atomic E-state index is 0.136. The Labute approximate surface area is 115 Å². The molecule has 3 nitrogen and oxygen atoms in total. The lowest BCUT2D eigenvalue weighted by Crippen LogP contribution is -2.05. The Morgan fingerprint density at radius 3 is 2.35 bits per heavy atom. The normalized spacial score (nSPS) is 11.1. The quantitative estimate of drug-likeness (QED) is 0.870. The van der Waals surface area contributed by atoms with Crippen LogP contribution in [0.5, 0.6) is 0 Å². The lowest BCUT2D eigenvalue weighted by Gasteiger charge is -2.07. The minimum Gasteiger partial charge on any atom is -0.383 e. The molecule has 0 aliphatic carbocycles. The summed E-state index contributed by atoms with van der Waals surface area (Å²) in [7, 11) is 0. The highest BCUT2D eigenvalue weighted by Crippen LogP contribution is 2.28. The monoisotopic (exact) mass is 283 g/mol. The zero-order valence-corrected chi connectivity index (χ0v) is 11.4. The molecule has 2 rings (SSSR count). The fourth-order valence-electron chi connectivity index (χ4n) is 2.08. The molecule has 1 heterocycles. The lowest BCUT2D eigenvalue weighted by molar-refractivity contribution is 0.447. The smallest absolute Gasteiger partial charge is 0.194 e. The van der Waals surface area contributed by atoms with Gasteiger partial charge in [0, 0.05) is 12.1 Å². The number of benzene rings is 1. The molecular weight excluding hydrogens is 267 g/mol. The van der Waals surface area contributed by atoms with Crippen molar-refractivity contribution in [1.82, 2.24) is 9.55 Å². The van der Waals surface area contributed by atoms with E-state index in [0.29, 0.717) is 18.2 Å². The van der Waals surface area contributed by atoms with Crippen LogP contribution in [0.2, 0.25) is 0 Å². The number of hydrogen-bond acceptors (Lipinski definition) is 2. The molecule has 0 radical (unpaired) electrons. The van der Waals surface area contributed by atoms with Crippen molar-refractivity contribution in [2.24, 2.45) is 0 Å². The molecule has 6 heteroatoms. The first-order chi connectivity index (χ1) is 9.45. The first-order valence-electron chi connectivity index (χ1n) is 6.43. The van der Waals surface area contributed by atoms with E-state index in [0.717, 1.165) is 25.0 Å². The fourth-order valence-corrected chi connectivity index (χ4v) is 2.08. The first-order valence-corrected chi connectivity index (χ1v) is 6.43. The van der Waals surface area contributed by atoms with E-state index in [-0.39, 0.29) is 11.3 Å². The predicted molar refractivity (Wildman–Crippen MR) is 71.6 cm³/mol. The molecule has 1 aromatic heterocycles. The van der Waals surface area contributed by atoms with Gasteiger partial charge in [0.25, 0.3) is 0 Å². The molecule has 0 unspecified atom stereocenters. The van der Waals surface area contributed by atoms with Crippen molar-refractivity contribution in [3.8, 4) is 11.3 Å². The number of rotatable bonds is 4. The lowest BCUT2D eigenvalue weighted by atomic mass is 10.1. The van der Waals surface area contributed by atoms with Gasteiger partial charge in [0.15, 0.2) is 17.5 Å². The molecule has 0 aliphatic heterocycles. The molecule has 2 N–H and O–H groups in total. The van der Waals surface area contributed by atoms with Gasteiger partial charge in [-0.15, -0.1) is 0 Å². The molecular formula is C14H16F3N3. The van der Waals surface area contributed by atoms with Gasteiger partial charge in [-0.25, -0.2) is 18.2 Å². The van der Waals surface area contributed by atoms with Gasteiger partial charge < -0.3 is 10.3 Å². The van der Waals surface area contributed by atoms with Crippen LogP contribution in [0.3, 0.4) is 0 Å². The first kappa shape index (κ1) is 14.4. The molecule has 2 aromatic rings. The number of nitrogens with zero attached hydrogens (tertiary/aromatic N) is 2. The minimum atomic E-state index is -1.49. The maximum atomic E-state index is 13.3. The molecule has 0 atom stereocenters. The summed E-state index contributed by atoms with van der Waals surface area (Å²) in [6.07, 6.45) is 1.92. The standard InChI is InChI=1S/C14H16F3N3/c1-3-4-5-20-8(2)19-13(14(20)18)9-6-10(15)12(17)11(16)7-9/h6-7H,3-5,18H2,1-2H3. The Kier molecular flexibility index (Phi) is 4.01. The van der Waals surface area contributed by atoms with Gasteiger partial charge in [0.05, 0.1) is 0 Å². The zero-order valence-electron chi connectivity index (χ0n) is 11.4. The van der Waals surface area contributed by atoms with Gasteiger partial charge in [-0.3, -0.25) is 0 Å². The number of nitrogens with two attached hydrogens (primary N) is 1. The van der Waals surface area contributed by atoms with Crippen molar-refractivity contribution in [2.75, 3.05) is 5.73 Å². The maximum absolute atomic E-state index is 13.3. The number of aryl methyl sites for hydroxylation is 1. The van der Waals surface area contributed by atoms with Crippen molar-refractivity contribution in [1.29, 1.82) is 0 Å². The Morgan fingerprint density at radius 1 is 1.20 bits per heavy atom. The Hall–Kier alpha value is -1.98. The summed E-state index contributed by atoms with van der Waals surface area (Å²) in [5, 5.41) is 0. The van der Waals surface area contributed by atoms with Crippen molar-refractivity contribution < 1.29 is 13.2 Å². The van der Waals surface area contributed by atoms with Crippen LogP contribution in [-0.2, 0) is 6.54 Å². The van der Waals surface area contributed by atoms with E-state index in [1.54, 1.807) is 11.5 Å². The van der Waals surface area contributed by atoms with Gasteiger partial charge in [0.1, 0.15) is 17.3 Å². The highest BCUT2D eigenvalue weighted by molar-refractivity contribution is 5.71. The second-order valence-electron chi connectivity index (χ2n) is 4.65. The van der Waals surface area contributed by atoms with Crippen molar-refractivity contribution in [2.45, 2.75) is 33.2 Å². The summed E-state index contributed by atoms with van der Waals surface area (Å²) in [5.74, 6) is -2.99. The van der Waals surface area contributed by atoms with E-state index in [4.69, 9.17) is 5.73 Å². The van der Waals surface area contributed by atoms with E-state index >= 15 is 0 Å². The fraction of sp³-hybridized carbons (Fsp3) is 0.357. The molecule has 0 amide bonds. The molecule has 0 fully saturated rings. The van der Waals surface area contributed by atoms with Crippen LogP contribution in [0.4, 0.5) is 19.0 Å². The van der Waals surface area contributed by atoms with Gasteiger partial charge in [-0.2, -0.15) is 0 Å². The van der Waals surface area contributed by atoms with Crippen molar-refractivity contribution >= 4 is 5.82 Å². The van der Waals surface area contributed by atoms with Crippen LogP contribution in [0.15, 0.2) is 12.1 Å². The van der Waals surface area contributed by atoms with Crippen molar-refractivity contribution in [3.63, 3.8) is 0 Å². The molecule has 0 aliphatic rings. The van der Waals surface area contributed by atoms with Gasteiger partial charge in [-0.1, -0.05) is 13.3 Å². The number of nitrogen functional groups attached to an aromatic ring is 1. The number of hydrogen-bond donors (Lipinski definition) is 1. The third-order valence-electron chi connectivity index (χ3n) is 3.19. The van der Waals surface area contributed by atoms with Gasteiger partial charge in [0.2, 0.25) is 0 Å². The van der Waals surface area contributed by atoms with Crippen LogP contribution in [0.1, 0.15) is 25.6 Å². The van der Waals surface area contributed by atoms with Crippen LogP contribution in [0.25, 0.3) is 11.3 Å². The Morgan fingerprint density at radius 2 is 1.80 bits per heavy atom. The van der Waals surface area contributed by atoms with E-state index < -0.39 is 17.5 Å². The molecule has 20 heavy (non-hydrogen) atoms. The number of anilines is 1. The molecule has 0 spiro atoms. The summed E-state index contributed by atoms with van der Waals surface area (Å²) in [6, 6.07) is 1.81. The van der Waals surface area contributed by atoms with E-state index in [2.05, 4.69) is 4.98 Å². The summed E-state index contributed by atoms with van der Waals surface area (Å²) in [6.45, 7) is 4.51. The van der Waals surface area contributed by atoms with Crippen molar-refractivity contribution in [3.05, 3.63) is 35.4 Å². The third kappa shape index (κ3) is 2.50. The van der Waals surface area contributed by atoms with E-state index in [1.165, 1.54) is 0 Å². The SMILES string of the molecule is CCCCn1c(C)nc(-c2cc(F)c(F)c(F)c2)c1N. The van der Waals surface area contributed by atoms with Gasteiger partial charge in [-0.05, 0) is 25.5 Å². The van der Waals surface area contributed by atoms with E-state index in [9.17, 15) is 13.2 Å². The molecule has 0 saturated carbocycles. The highest BCUT2D eigenvalue weighted by Gasteiger charge is 2.17. The molecule has 1 aromatic carbocycles. The Balaban J connectivity index is 2.48. The van der Waals surface area contributed by atoms with Crippen LogP contribution in [-0.4, -0.2) is 9.55 Å². The zero-order chi connectivity index (χ0) is 14.9. The average molecular weight is 283 g/mol. The number of halogens is 3. The largest absolute Gasteiger partial charge is 0.383 e. The number of unbranched alkanes of at least 4 members (excludes halogenated alkanes) is 1. The van der Waals surface area contributed by atoms with Crippen LogP contribution >= 0.6 is 0 Å². The second kappa shape index (κ2) is 5.56. The average Bonchev–Trinajstić information content (AvgIpc) is 2.68. The summed E-state index contributed by atoms with van der Waals surface area (Å²) < 4.78 is 41.3. The van der Waals surface area contributed by atoms with E-state index in [1.807, 2.05) is 6.92 Å². The topological polar surface area (TPSA) is 43.8 Å². The summed E-state index contributed by atoms with van der Waals surface area (Å²) >= 11 is 0. The maximum Gasteiger partial charge on any atom is 0.194 e. The molecule has 0 bridgehead atoms.